The molecule has 2 aliphatic rings. The number of hydrogen-bond donors (Lipinski definition) is 1. The highest BCUT2D eigenvalue weighted by molar-refractivity contribution is 6.06. The Morgan fingerprint density at radius 2 is 1.81 bits per heavy atom. The Kier molecular flexibility index (Phi) is 5.38. The molecule has 8 heteroatoms. The average Bonchev–Trinajstić information content (AvgIpc) is 3.60. The number of carbonyl (C=O) groups excluding carboxylic acids is 2. The minimum atomic E-state index is -0.0353. The van der Waals surface area contributed by atoms with E-state index in [1.54, 1.807) is 4.68 Å². The number of fused-ring (bicyclic) bond motifs is 1. The molecule has 1 aromatic carbocycles. The molecular weight excluding hydrogens is 404 g/mol. The molecule has 1 aliphatic heterocycles. The first-order valence-corrected chi connectivity index (χ1v) is 11.2. The number of rotatable bonds is 5. The third kappa shape index (κ3) is 4.10. The van der Waals surface area contributed by atoms with Gasteiger partial charge in [-0.1, -0.05) is 18.2 Å². The highest BCUT2D eigenvalue weighted by Gasteiger charge is 2.30. The van der Waals surface area contributed by atoms with E-state index in [-0.39, 0.29) is 11.8 Å². The number of carbonyl (C=O) groups is 2. The van der Waals surface area contributed by atoms with Gasteiger partial charge in [-0.15, -0.1) is 0 Å². The summed E-state index contributed by atoms with van der Waals surface area (Å²) in [6, 6.07) is 11.4. The Balaban J connectivity index is 1.27. The van der Waals surface area contributed by atoms with Gasteiger partial charge in [-0.2, -0.15) is 5.10 Å². The van der Waals surface area contributed by atoms with E-state index in [4.69, 9.17) is 4.98 Å². The predicted octanol–water partition coefficient (Wildman–Crippen LogP) is 2.55. The zero-order valence-electron chi connectivity index (χ0n) is 18.5. The van der Waals surface area contributed by atoms with Crippen LogP contribution in [0.15, 0.2) is 36.4 Å². The molecule has 3 aromatic rings. The van der Waals surface area contributed by atoms with Gasteiger partial charge in [0.2, 0.25) is 5.91 Å². The lowest BCUT2D eigenvalue weighted by Crippen LogP contribution is -2.50. The first-order valence-electron chi connectivity index (χ1n) is 11.2. The number of aryl methyl sites for hydroxylation is 2. The van der Waals surface area contributed by atoms with Crippen LogP contribution >= 0.6 is 0 Å². The van der Waals surface area contributed by atoms with E-state index < -0.39 is 0 Å². The Bertz CT molecular complexity index is 1160. The third-order valence-electron chi connectivity index (χ3n) is 6.30. The highest BCUT2D eigenvalue weighted by Crippen LogP contribution is 2.40. The lowest BCUT2D eigenvalue weighted by molar-refractivity contribution is -0.117. The summed E-state index contributed by atoms with van der Waals surface area (Å²) in [5.74, 6) is 0.455. The molecule has 166 valence electrons. The molecule has 2 aromatic heterocycles. The number of pyridine rings is 1. The summed E-state index contributed by atoms with van der Waals surface area (Å²) in [7, 11) is 1.88. The SMILES string of the molecule is Cc1nn(C)c2nc(C3CC3)cc(C(=O)N3CCN(CC(=O)Nc4ccccc4)CC3)c12. The van der Waals surface area contributed by atoms with Crippen molar-refractivity contribution in [2.45, 2.75) is 25.7 Å². The standard InChI is InChI=1S/C24H28N6O2/c1-16-22-19(14-20(17-8-9-17)26-23(22)28(2)27-16)24(32)30-12-10-29(11-13-30)15-21(31)25-18-6-4-3-5-7-18/h3-7,14,17H,8-13,15H2,1-2H3,(H,25,31). The number of benzene rings is 1. The fraction of sp³-hybridized carbons (Fsp3) is 0.417. The van der Waals surface area contributed by atoms with Crippen LogP contribution in [0.25, 0.3) is 11.0 Å². The average molecular weight is 433 g/mol. The van der Waals surface area contributed by atoms with Crippen molar-refractivity contribution < 1.29 is 9.59 Å². The third-order valence-corrected chi connectivity index (χ3v) is 6.30. The maximum Gasteiger partial charge on any atom is 0.254 e. The summed E-state index contributed by atoms with van der Waals surface area (Å²) in [4.78, 5) is 34.7. The van der Waals surface area contributed by atoms with E-state index >= 15 is 0 Å². The van der Waals surface area contributed by atoms with Crippen molar-refractivity contribution in [2.24, 2.45) is 7.05 Å². The quantitative estimate of drug-likeness (QED) is 0.670. The van der Waals surface area contributed by atoms with Crippen LogP contribution in [0.3, 0.4) is 0 Å². The van der Waals surface area contributed by atoms with Gasteiger partial charge in [-0.05, 0) is 38.0 Å². The molecule has 0 unspecified atom stereocenters. The van der Waals surface area contributed by atoms with E-state index in [2.05, 4.69) is 15.3 Å². The van der Waals surface area contributed by atoms with Gasteiger partial charge in [0.1, 0.15) is 0 Å². The molecule has 5 rings (SSSR count). The number of amides is 2. The first kappa shape index (κ1) is 20.6. The second-order valence-electron chi connectivity index (χ2n) is 8.76. The molecular formula is C24H28N6O2. The van der Waals surface area contributed by atoms with Crippen LogP contribution in [-0.4, -0.2) is 69.1 Å². The lowest BCUT2D eigenvalue weighted by atomic mass is 10.1. The Hall–Kier alpha value is -3.26. The van der Waals surface area contributed by atoms with Crippen molar-refractivity contribution in [3.05, 3.63) is 53.3 Å². The maximum absolute atomic E-state index is 13.5. The van der Waals surface area contributed by atoms with Crippen LogP contribution in [0.4, 0.5) is 5.69 Å². The van der Waals surface area contributed by atoms with Gasteiger partial charge in [-0.25, -0.2) is 4.98 Å². The maximum atomic E-state index is 13.5. The molecule has 8 nitrogen and oxygen atoms in total. The molecule has 0 bridgehead atoms. The second kappa shape index (κ2) is 8.35. The van der Waals surface area contributed by atoms with Crippen LogP contribution in [-0.2, 0) is 11.8 Å². The number of aromatic nitrogens is 3. The predicted molar refractivity (Wildman–Crippen MR) is 123 cm³/mol. The molecule has 3 heterocycles. The van der Waals surface area contributed by atoms with Gasteiger partial charge in [0.25, 0.3) is 5.91 Å². The zero-order valence-corrected chi connectivity index (χ0v) is 18.5. The monoisotopic (exact) mass is 432 g/mol. The summed E-state index contributed by atoms with van der Waals surface area (Å²) in [5, 5.41) is 8.29. The van der Waals surface area contributed by atoms with Crippen molar-refractivity contribution >= 4 is 28.5 Å². The molecule has 2 fully saturated rings. The van der Waals surface area contributed by atoms with Crippen LogP contribution < -0.4 is 5.32 Å². The number of nitrogens with zero attached hydrogens (tertiary/aromatic N) is 5. The van der Waals surface area contributed by atoms with Gasteiger partial charge >= 0.3 is 0 Å². The van der Waals surface area contributed by atoms with E-state index in [9.17, 15) is 9.59 Å². The van der Waals surface area contributed by atoms with Crippen molar-refractivity contribution in [3.63, 3.8) is 0 Å². The lowest BCUT2D eigenvalue weighted by Gasteiger charge is -2.34. The van der Waals surface area contributed by atoms with E-state index in [1.807, 2.05) is 55.3 Å². The van der Waals surface area contributed by atoms with Crippen LogP contribution in [0, 0.1) is 6.92 Å². The number of nitrogens with one attached hydrogen (secondary N) is 1. The largest absolute Gasteiger partial charge is 0.336 e. The fourth-order valence-electron chi connectivity index (χ4n) is 4.43. The van der Waals surface area contributed by atoms with Gasteiger partial charge in [0.05, 0.1) is 23.2 Å². The molecule has 1 N–H and O–H groups in total. The van der Waals surface area contributed by atoms with Crippen molar-refractivity contribution in [3.8, 4) is 0 Å². The van der Waals surface area contributed by atoms with Crippen LogP contribution in [0.5, 0.6) is 0 Å². The van der Waals surface area contributed by atoms with Gasteiger partial charge in [0, 0.05) is 50.5 Å². The molecule has 32 heavy (non-hydrogen) atoms. The van der Waals surface area contributed by atoms with Crippen molar-refractivity contribution in [2.75, 3.05) is 38.0 Å². The molecule has 1 aliphatic carbocycles. The summed E-state index contributed by atoms with van der Waals surface area (Å²) >= 11 is 0. The van der Waals surface area contributed by atoms with Crippen molar-refractivity contribution in [1.82, 2.24) is 24.6 Å². The van der Waals surface area contributed by atoms with Gasteiger partial charge < -0.3 is 10.2 Å². The minimum Gasteiger partial charge on any atom is -0.336 e. The molecule has 1 saturated carbocycles. The second-order valence-corrected chi connectivity index (χ2v) is 8.76. The topological polar surface area (TPSA) is 83.4 Å². The Morgan fingerprint density at radius 1 is 1.09 bits per heavy atom. The first-order chi connectivity index (χ1) is 15.5. The number of anilines is 1. The van der Waals surface area contributed by atoms with E-state index in [0.29, 0.717) is 44.2 Å². The molecule has 1 saturated heterocycles. The van der Waals surface area contributed by atoms with Gasteiger partial charge in [0.15, 0.2) is 5.65 Å². The molecule has 0 spiro atoms. The fourth-order valence-corrected chi connectivity index (χ4v) is 4.43. The summed E-state index contributed by atoms with van der Waals surface area (Å²) in [6.45, 7) is 4.79. The van der Waals surface area contributed by atoms with Crippen molar-refractivity contribution in [1.29, 1.82) is 0 Å². The minimum absolute atomic E-state index is 0.0313. The molecule has 0 atom stereocenters. The van der Waals surface area contributed by atoms with Crippen LogP contribution in [0.2, 0.25) is 0 Å². The summed E-state index contributed by atoms with van der Waals surface area (Å²) < 4.78 is 1.77. The normalized spacial score (nSPS) is 17.0. The van der Waals surface area contributed by atoms with Crippen LogP contribution in [0.1, 0.15) is 40.5 Å². The Labute approximate surface area is 187 Å². The number of hydrogen-bond acceptors (Lipinski definition) is 5. The molecule has 2 amide bonds. The summed E-state index contributed by atoms with van der Waals surface area (Å²) in [5.41, 5.74) is 4.12. The highest BCUT2D eigenvalue weighted by atomic mass is 16.2. The Morgan fingerprint density at radius 3 is 2.50 bits per heavy atom. The number of para-hydroxylation sites is 1. The summed E-state index contributed by atoms with van der Waals surface area (Å²) in [6.07, 6.45) is 2.26. The van der Waals surface area contributed by atoms with Gasteiger partial charge in [-0.3, -0.25) is 19.2 Å². The smallest absolute Gasteiger partial charge is 0.254 e. The number of piperazine rings is 1. The van der Waals surface area contributed by atoms with E-state index in [0.717, 1.165) is 41.0 Å². The van der Waals surface area contributed by atoms with E-state index in [1.165, 1.54) is 0 Å². The zero-order chi connectivity index (χ0) is 22.2. The molecule has 0 radical (unpaired) electrons.